The number of nitrogens with zero attached hydrogens (tertiary/aromatic N) is 1. The number of aliphatic hydroxyl groups is 1. The van der Waals surface area contributed by atoms with Gasteiger partial charge in [-0.05, 0) is 42.3 Å². The molecule has 31 heavy (non-hydrogen) atoms. The Kier molecular flexibility index (Phi) is 8.49. The van der Waals surface area contributed by atoms with Gasteiger partial charge in [-0.1, -0.05) is 47.5 Å². The van der Waals surface area contributed by atoms with Crippen molar-refractivity contribution in [1.82, 2.24) is 5.32 Å². The van der Waals surface area contributed by atoms with Gasteiger partial charge in [0.25, 0.3) is 5.91 Å². The fraction of sp³-hybridized carbons (Fsp3) is 0.417. The molecule has 0 spiro atoms. The molecular weight excluding hydrogens is 460 g/mol. The van der Waals surface area contributed by atoms with Crippen LogP contribution in [0, 0.1) is 0 Å². The van der Waals surface area contributed by atoms with E-state index < -0.39 is 5.54 Å². The van der Waals surface area contributed by atoms with E-state index in [2.05, 4.69) is 28.2 Å². The number of carbonyl (C=O) groups excluding carboxylic acids is 1. The molecule has 2 aromatic carbocycles. The number of hydrogen-bond donors (Lipinski definition) is 2. The number of unbranched alkanes of at least 4 members (excludes halogenated alkanes) is 1. The van der Waals surface area contributed by atoms with E-state index in [-0.39, 0.29) is 19.1 Å². The SMILES string of the molecule is CCCCNC(=O)[C@@]1(Cc2ccccc2Br)COC(c2ccc(OCCCO)cc2)=N1. The predicted octanol–water partition coefficient (Wildman–Crippen LogP) is 3.88. The molecule has 1 aliphatic rings. The second kappa shape index (κ2) is 11.3. The average Bonchev–Trinajstić information content (AvgIpc) is 3.21. The van der Waals surface area contributed by atoms with E-state index in [1.165, 1.54) is 0 Å². The zero-order valence-electron chi connectivity index (χ0n) is 17.8. The minimum atomic E-state index is -1.01. The highest BCUT2D eigenvalue weighted by atomic mass is 79.9. The summed E-state index contributed by atoms with van der Waals surface area (Å²) >= 11 is 3.58. The Morgan fingerprint density at radius 2 is 2.00 bits per heavy atom. The third kappa shape index (κ3) is 6.08. The monoisotopic (exact) mass is 488 g/mol. The Hall–Kier alpha value is -2.38. The van der Waals surface area contributed by atoms with E-state index >= 15 is 0 Å². The highest BCUT2D eigenvalue weighted by Crippen LogP contribution is 2.30. The van der Waals surface area contributed by atoms with Crippen LogP contribution in [0.5, 0.6) is 5.75 Å². The lowest BCUT2D eigenvalue weighted by Crippen LogP contribution is -2.48. The number of benzene rings is 2. The molecule has 0 saturated carbocycles. The molecule has 0 bridgehead atoms. The fourth-order valence-electron chi connectivity index (χ4n) is 3.33. The van der Waals surface area contributed by atoms with Gasteiger partial charge in [-0.25, -0.2) is 4.99 Å². The van der Waals surface area contributed by atoms with Crippen LogP contribution in [0.3, 0.4) is 0 Å². The van der Waals surface area contributed by atoms with Crippen LogP contribution in [-0.4, -0.2) is 48.8 Å². The second-order valence-electron chi connectivity index (χ2n) is 7.56. The lowest BCUT2D eigenvalue weighted by atomic mass is 9.91. The van der Waals surface area contributed by atoms with Gasteiger partial charge in [0.05, 0.1) is 6.61 Å². The van der Waals surface area contributed by atoms with E-state index in [0.717, 1.165) is 28.4 Å². The third-order valence-corrected chi connectivity index (χ3v) is 5.89. The smallest absolute Gasteiger partial charge is 0.251 e. The molecule has 2 aromatic rings. The van der Waals surface area contributed by atoms with Crippen LogP contribution in [0.4, 0.5) is 0 Å². The summed E-state index contributed by atoms with van der Waals surface area (Å²) in [6, 6.07) is 15.3. The number of amides is 1. The van der Waals surface area contributed by atoms with Gasteiger partial charge in [0.15, 0.2) is 5.54 Å². The van der Waals surface area contributed by atoms with Crippen LogP contribution in [0.2, 0.25) is 0 Å². The van der Waals surface area contributed by atoms with Gasteiger partial charge in [-0.2, -0.15) is 0 Å². The molecule has 1 atom stereocenters. The molecule has 1 amide bonds. The number of rotatable bonds is 11. The van der Waals surface area contributed by atoms with E-state index in [0.29, 0.717) is 37.6 Å². The molecule has 0 saturated heterocycles. The zero-order chi connectivity index (χ0) is 22.1. The first-order chi connectivity index (χ1) is 15.1. The molecule has 0 radical (unpaired) electrons. The zero-order valence-corrected chi connectivity index (χ0v) is 19.4. The van der Waals surface area contributed by atoms with Gasteiger partial charge in [-0.3, -0.25) is 4.79 Å². The summed E-state index contributed by atoms with van der Waals surface area (Å²) < 4.78 is 12.5. The van der Waals surface area contributed by atoms with Crippen molar-refractivity contribution in [2.24, 2.45) is 4.99 Å². The van der Waals surface area contributed by atoms with Gasteiger partial charge >= 0.3 is 0 Å². The summed E-state index contributed by atoms with van der Waals surface area (Å²) in [6.07, 6.45) is 2.96. The van der Waals surface area contributed by atoms with Crippen molar-refractivity contribution in [3.05, 3.63) is 64.1 Å². The Morgan fingerprint density at radius 3 is 2.71 bits per heavy atom. The lowest BCUT2D eigenvalue weighted by molar-refractivity contribution is -0.126. The van der Waals surface area contributed by atoms with Crippen molar-refractivity contribution in [3.8, 4) is 5.75 Å². The van der Waals surface area contributed by atoms with Gasteiger partial charge in [0.2, 0.25) is 5.90 Å². The number of hydrogen-bond acceptors (Lipinski definition) is 5. The van der Waals surface area contributed by atoms with Crippen molar-refractivity contribution in [2.75, 3.05) is 26.4 Å². The summed E-state index contributed by atoms with van der Waals surface area (Å²) in [7, 11) is 0. The molecule has 1 heterocycles. The third-order valence-electron chi connectivity index (χ3n) is 5.11. The molecule has 7 heteroatoms. The first-order valence-corrected chi connectivity index (χ1v) is 11.5. The maximum absolute atomic E-state index is 13.2. The topological polar surface area (TPSA) is 80.2 Å². The number of carbonyl (C=O) groups is 1. The molecule has 0 aromatic heterocycles. The Balaban J connectivity index is 1.82. The Bertz CT molecular complexity index is 901. The Labute approximate surface area is 191 Å². The van der Waals surface area contributed by atoms with Crippen LogP contribution < -0.4 is 10.1 Å². The van der Waals surface area contributed by atoms with Crippen molar-refractivity contribution in [3.63, 3.8) is 0 Å². The van der Waals surface area contributed by atoms with Crippen molar-refractivity contribution in [2.45, 2.75) is 38.1 Å². The van der Waals surface area contributed by atoms with E-state index in [1.54, 1.807) is 0 Å². The first kappa shape index (κ1) is 23.3. The van der Waals surface area contributed by atoms with Crippen molar-refractivity contribution < 1.29 is 19.4 Å². The number of ether oxygens (including phenoxy) is 2. The predicted molar refractivity (Wildman–Crippen MR) is 125 cm³/mol. The number of aliphatic hydroxyl groups excluding tert-OH is 1. The molecule has 1 aliphatic heterocycles. The number of halogens is 1. The summed E-state index contributed by atoms with van der Waals surface area (Å²) in [4.78, 5) is 18.0. The summed E-state index contributed by atoms with van der Waals surface area (Å²) in [5.74, 6) is 1.06. The van der Waals surface area contributed by atoms with Gasteiger partial charge in [0.1, 0.15) is 12.4 Å². The summed E-state index contributed by atoms with van der Waals surface area (Å²) in [5, 5.41) is 11.9. The average molecular weight is 489 g/mol. The minimum Gasteiger partial charge on any atom is -0.494 e. The first-order valence-electron chi connectivity index (χ1n) is 10.7. The van der Waals surface area contributed by atoms with Crippen molar-refractivity contribution in [1.29, 1.82) is 0 Å². The van der Waals surface area contributed by atoms with Crippen LogP contribution >= 0.6 is 15.9 Å². The molecule has 0 fully saturated rings. The number of nitrogens with one attached hydrogen (secondary N) is 1. The van der Waals surface area contributed by atoms with Crippen LogP contribution in [0.1, 0.15) is 37.3 Å². The highest BCUT2D eigenvalue weighted by molar-refractivity contribution is 9.10. The van der Waals surface area contributed by atoms with Crippen LogP contribution in [0.15, 0.2) is 58.0 Å². The van der Waals surface area contributed by atoms with Crippen LogP contribution in [-0.2, 0) is 16.0 Å². The van der Waals surface area contributed by atoms with Gasteiger partial charge in [0, 0.05) is 36.0 Å². The molecule has 6 nitrogen and oxygen atoms in total. The summed E-state index contributed by atoms with van der Waals surface area (Å²) in [6.45, 7) is 3.46. The van der Waals surface area contributed by atoms with E-state index in [4.69, 9.17) is 19.6 Å². The molecule has 2 N–H and O–H groups in total. The van der Waals surface area contributed by atoms with Crippen LogP contribution in [0.25, 0.3) is 0 Å². The summed E-state index contributed by atoms with van der Waals surface area (Å²) in [5.41, 5.74) is 0.794. The van der Waals surface area contributed by atoms with E-state index in [9.17, 15) is 4.79 Å². The maximum Gasteiger partial charge on any atom is 0.251 e. The largest absolute Gasteiger partial charge is 0.494 e. The highest BCUT2D eigenvalue weighted by Gasteiger charge is 2.44. The van der Waals surface area contributed by atoms with Gasteiger partial charge in [-0.15, -0.1) is 0 Å². The number of aliphatic imine (C=N–C) groups is 1. The second-order valence-corrected chi connectivity index (χ2v) is 8.42. The normalized spacial score (nSPS) is 17.7. The molecular formula is C24H29BrN2O4. The lowest BCUT2D eigenvalue weighted by Gasteiger charge is -2.23. The standard InChI is InChI=1S/C24H29BrN2O4/c1-2-3-13-26-23(29)24(16-19-7-4-5-8-21(19)25)17-31-22(27-24)18-9-11-20(12-10-18)30-15-6-14-28/h4-5,7-12,28H,2-3,6,13-17H2,1H3,(H,26,29)/t24-/m1/s1. The van der Waals surface area contributed by atoms with Gasteiger partial charge < -0.3 is 19.9 Å². The quantitative estimate of drug-likeness (QED) is 0.470. The fourth-order valence-corrected chi connectivity index (χ4v) is 3.76. The molecule has 166 valence electrons. The Morgan fingerprint density at radius 1 is 1.23 bits per heavy atom. The molecule has 0 aliphatic carbocycles. The maximum atomic E-state index is 13.2. The van der Waals surface area contributed by atoms with Crippen molar-refractivity contribution >= 4 is 27.7 Å². The van der Waals surface area contributed by atoms with E-state index in [1.807, 2.05) is 48.5 Å². The minimum absolute atomic E-state index is 0.0999. The molecule has 3 rings (SSSR count). The molecule has 0 unspecified atom stereocenters.